The molecule has 0 heterocycles. The van der Waals surface area contributed by atoms with E-state index in [0.29, 0.717) is 0 Å². The Morgan fingerprint density at radius 2 is 0.636 bits per heavy atom. The van der Waals surface area contributed by atoms with Crippen molar-refractivity contribution in [3.8, 4) is 0 Å². The van der Waals surface area contributed by atoms with Crippen molar-refractivity contribution in [2.24, 2.45) is 0 Å². The second-order valence-corrected chi connectivity index (χ2v) is 8.29. The van der Waals surface area contributed by atoms with E-state index in [-0.39, 0.29) is 0 Å². The molecule has 0 N–H and O–H groups in total. The Morgan fingerprint density at radius 3 is 0.864 bits per heavy atom. The molecule has 0 aromatic heterocycles. The van der Waals surface area contributed by atoms with Gasteiger partial charge in [0.25, 0.3) is 0 Å². The van der Waals surface area contributed by atoms with Gasteiger partial charge >= 0.3 is 0 Å². The van der Waals surface area contributed by atoms with Gasteiger partial charge in [0, 0.05) is 15.1 Å². The molecular weight excluding hydrogens is 354 g/mol. The SMILES string of the molecule is Clc1ccc(P(c2ccc(Cl)cc2)c2ccc(Cl)cc2)cc1. The summed E-state index contributed by atoms with van der Waals surface area (Å²) >= 11 is 18.1. The van der Waals surface area contributed by atoms with Crippen LogP contribution in [0.1, 0.15) is 0 Å². The zero-order valence-corrected chi connectivity index (χ0v) is 14.7. The summed E-state index contributed by atoms with van der Waals surface area (Å²) in [5, 5.41) is 5.94. The molecule has 0 unspecified atom stereocenters. The quantitative estimate of drug-likeness (QED) is 0.545. The molecule has 0 saturated heterocycles. The predicted octanol–water partition coefficient (Wildman–Crippen LogP) is 5.41. The van der Waals surface area contributed by atoms with E-state index in [1.54, 1.807) is 0 Å². The molecule has 0 saturated carbocycles. The van der Waals surface area contributed by atoms with Crippen molar-refractivity contribution in [3.63, 3.8) is 0 Å². The number of hydrogen-bond acceptors (Lipinski definition) is 0. The summed E-state index contributed by atoms with van der Waals surface area (Å²) < 4.78 is 0. The molecule has 3 aromatic carbocycles. The molecule has 0 aliphatic rings. The molecule has 0 aliphatic carbocycles. The van der Waals surface area contributed by atoms with E-state index in [0.717, 1.165) is 15.1 Å². The third-order valence-electron chi connectivity index (χ3n) is 3.25. The lowest BCUT2D eigenvalue weighted by Crippen LogP contribution is -2.20. The van der Waals surface area contributed by atoms with Gasteiger partial charge in [0.15, 0.2) is 0 Å². The Balaban J connectivity index is 2.10. The highest BCUT2D eigenvalue weighted by Gasteiger charge is 2.16. The van der Waals surface area contributed by atoms with Crippen LogP contribution in [0.15, 0.2) is 72.8 Å². The molecule has 0 bridgehead atoms. The maximum atomic E-state index is 6.02. The van der Waals surface area contributed by atoms with Crippen LogP contribution in [0.25, 0.3) is 0 Å². The van der Waals surface area contributed by atoms with Crippen molar-refractivity contribution in [1.29, 1.82) is 0 Å². The van der Waals surface area contributed by atoms with E-state index in [2.05, 4.69) is 36.4 Å². The smallest absolute Gasteiger partial charge is 0.0406 e. The molecule has 0 atom stereocenters. The second kappa shape index (κ2) is 7.02. The van der Waals surface area contributed by atoms with E-state index in [1.807, 2.05) is 36.4 Å². The Labute approximate surface area is 146 Å². The molecule has 0 nitrogen and oxygen atoms in total. The first-order chi connectivity index (χ1) is 10.6. The summed E-state index contributed by atoms with van der Waals surface area (Å²) in [5.74, 6) is 0. The van der Waals surface area contributed by atoms with Crippen LogP contribution >= 0.6 is 42.7 Å². The molecule has 4 heteroatoms. The molecule has 3 rings (SSSR count). The fourth-order valence-electron chi connectivity index (χ4n) is 2.22. The van der Waals surface area contributed by atoms with Gasteiger partial charge in [-0.2, -0.15) is 0 Å². The number of hydrogen-bond donors (Lipinski definition) is 0. The lowest BCUT2D eigenvalue weighted by molar-refractivity contribution is 1.73. The summed E-state index contributed by atoms with van der Waals surface area (Å²) in [4.78, 5) is 0. The molecule has 0 amide bonds. The van der Waals surface area contributed by atoms with Crippen LogP contribution in [0.5, 0.6) is 0 Å². The lowest BCUT2D eigenvalue weighted by Gasteiger charge is -2.19. The van der Waals surface area contributed by atoms with Crippen LogP contribution in [-0.2, 0) is 0 Å². The van der Waals surface area contributed by atoms with Crippen molar-refractivity contribution >= 4 is 58.6 Å². The molecule has 0 fully saturated rings. The predicted molar refractivity (Wildman–Crippen MR) is 100 cm³/mol. The average molecular weight is 366 g/mol. The standard InChI is InChI=1S/C18H12Cl3P/c19-13-1-7-16(8-2-13)22(17-9-3-14(20)4-10-17)18-11-5-15(21)6-12-18/h1-12H. The average Bonchev–Trinajstić information content (AvgIpc) is 2.53. The topological polar surface area (TPSA) is 0 Å². The molecule has 0 radical (unpaired) electrons. The first-order valence-electron chi connectivity index (χ1n) is 6.70. The second-order valence-electron chi connectivity index (χ2n) is 4.76. The lowest BCUT2D eigenvalue weighted by atomic mass is 10.3. The van der Waals surface area contributed by atoms with E-state index in [1.165, 1.54) is 15.9 Å². The van der Waals surface area contributed by atoms with E-state index < -0.39 is 7.92 Å². The van der Waals surface area contributed by atoms with E-state index in [4.69, 9.17) is 34.8 Å². The Morgan fingerprint density at radius 1 is 0.409 bits per heavy atom. The number of benzene rings is 3. The van der Waals surface area contributed by atoms with E-state index >= 15 is 0 Å². The van der Waals surface area contributed by atoms with Crippen LogP contribution in [0, 0.1) is 0 Å². The zero-order valence-electron chi connectivity index (χ0n) is 11.5. The maximum Gasteiger partial charge on any atom is 0.0406 e. The molecule has 3 aromatic rings. The largest absolute Gasteiger partial charge is 0.0843 e. The monoisotopic (exact) mass is 364 g/mol. The Kier molecular flexibility index (Phi) is 5.06. The van der Waals surface area contributed by atoms with Crippen LogP contribution < -0.4 is 15.9 Å². The summed E-state index contributed by atoms with van der Waals surface area (Å²) in [5.41, 5.74) is 0. The van der Waals surface area contributed by atoms with Gasteiger partial charge in [-0.3, -0.25) is 0 Å². The molecule has 22 heavy (non-hydrogen) atoms. The van der Waals surface area contributed by atoms with Crippen molar-refractivity contribution < 1.29 is 0 Å². The third kappa shape index (κ3) is 3.65. The van der Waals surface area contributed by atoms with Crippen LogP contribution in [0.3, 0.4) is 0 Å². The first-order valence-corrected chi connectivity index (χ1v) is 9.18. The minimum absolute atomic E-state index is 0.659. The highest BCUT2D eigenvalue weighted by Crippen LogP contribution is 2.33. The summed E-state index contributed by atoms with van der Waals surface area (Å²) in [7, 11) is -0.659. The Bertz CT molecular complexity index is 642. The fraction of sp³-hybridized carbons (Fsp3) is 0. The van der Waals surface area contributed by atoms with Crippen molar-refractivity contribution in [3.05, 3.63) is 87.9 Å². The number of rotatable bonds is 3. The minimum Gasteiger partial charge on any atom is -0.0843 e. The Hall–Kier alpha value is -1.04. The normalized spacial score (nSPS) is 10.9. The highest BCUT2D eigenvalue weighted by atomic mass is 35.5. The van der Waals surface area contributed by atoms with Gasteiger partial charge in [0.2, 0.25) is 0 Å². The van der Waals surface area contributed by atoms with Gasteiger partial charge in [-0.25, -0.2) is 0 Å². The third-order valence-corrected chi connectivity index (χ3v) is 6.45. The van der Waals surface area contributed by atoms with Crippen molar-refractivity contribution in [1.82, 2.24) is 0 Å². The zero-order chi connectivity index (χ0) is 15.5. The van der Waals surface area contributed by atoms with Crippen LogP contribution in [0.4, 0.5) is 0 Å². The summed E-state index contributed by atoms with van der Waals surface area (Å²) in [6.45, 7) is 0. The van der Waals surface area contributed by atoms with Gasteiger partial charge in [0.1, 0.15) is 0 Å². The van der Waals surface area contributed by atoms with Crippen LogP contribution in [0.2, 0.25) is 15.1 Å². The summed E-state index contributed by atoms with van der Waals surface area (Å²) in [6, 6.07) is 24.1. The minimum atomic E-state index is -0.659. The van der Waals surface area contributed by atoms with Gasteiger partial charge in [-0.05, 0) is 60.2 Å². The van der Waals surface area contributed by atoms with Gasteiger partial charge < -0.3 is 0 Å². The first kappa shape index (κ1) is 15.8. The van der Waals surface area contributed by atoms with Crippen molar-refractivity contribution in [2.75, 3.05) is 0 Å². The molecular formula is C18H12Cl3P. The van der Waals surface area contributed by atoms with Gasteiger partial charge in [-0.15, -0.1) is 0 Å². The maximum absolute atomic E-state index is 6.02. The van der Waals surface area contributed by atoms with Gasteiger partial charge in [-0.1, -0.05) is 71.2 Å². The molecule has 0 spiro atoms. The summed E-state index contributed by atoms with van der Waals surface area (Å²) in [6.07, 6.45) is 0. The molecule has 110 valence electrons. The number of halogens is 3. The highest BCUT2D eigenvalue weighted by molar-refractivity contribution is 7.79. The van der Waals surface area contributed by atoms with Crippen LogP contribution in [-0.4, -0.2) is 0 Å². The van der Waals surface area contributed by atoms with E-state index in [9.17, 15) is 0 Å². The van der Waals surface area contributed by atoms with Crippen molar-refractivity contribution in [2.45, 2.75) is 0 Å². The fourth-order valence-corrected chi connectivity index (χ4v) is 4.83. The molecule has 0 aliphatic heterocycles. The van der Waals surface area contributed by atoms with Gasteiger partial charge in [0.05, 0.1) is 0 Å².